The number of pyridine rings is 1. The first-order chi connectivity index (χ1) is 14.2. The molecule has 3 N–H and O–H groups in total. The van der Waals surface area contributed by atoms with Crippen LogP contribution in [-0.2, 0) is 9.53 Å². The summed E-state index contributed by atoms with van der Waals surface area (Å²) in [5.41, 5.74) is 2.20. The lowest BCUT2D eigenvalue weighted by molar-refractivity contribution is -0.119. The van der Waals surface area contributed by atoms with Crippen molar-refractivity contribution in [1.29, 1.82) is 0 Å². The van der Waals surface area contributed by atoms with E-state index in [1.54, 1.807) is 12.3 Å². The molecule has 4 heterocycles. The summed E-state index contributed by atoms with van der Waals surface area (Å²) >= 11 is 6.36. The van der Waals surface area contributed by atoms with Gasteiger partial charge in [-0.3, -0.25) is 4.79 Å². The molecule has 2 aliphatic heterocycles. The predicted octanol–water partition coefficient (Wildman–Crippen LogP) is 2.58. The number of carbonyl (C=O) groups excluding carboxylic acids is 1. The Bertz CT molecular complexity index is 853. The quantitative estimate of drug-likeness (QED) is 0.665. The van der Waals surface area contributed by atoms with E-state index in [0.29, 0.717) is 34.6 Å². The molecule has 0 bridgehead atoms. The first-order valence-corrected chi connectivity index (χ1v) is 10.4. The van der Waals surface area contributed by atoms with Gasteiger partial charge in [-0.1, -0.05) is 11.6 Å². The monoisotopic (exact) mass is 416 g/mol. The van der Waals surface area contributed by atoms with Crippen LogP contribution in [0.5, 0.6) is 0 Å². The summed E-state index contributed by atoms with van der Waals surface area (Å²) in [5, 5.41) is 18.3. The predicted molar refractivity (Wildman–Crippen MR) is 112 cm³/mol. The third kappa shape index (κ3) is 5.20. The highest BCUT2D eigenvalue weighted by atomic mass is 35.5. The number of anilines is 2. The molecular weight excluding hydrogens is 392 g/mol. The van der Waals surface area contributed by atoms with Crippen molar-refractivity contribution in [2.75, 3.05) is 43.5 Å². The molecule has 2 aromatic heterocycles. The number of hydrogen-bond donors (Lipinski definition) is 3. The van der Waals surface area contributed by atoms with E-state index in [1.807, 2.05) is 6.07 Å². The number of halogens is 1. The molecule has 2 aromatic rings. The Morgan fingerprint density at radius 3 is 2.90 bits per heavy atom. The highest BCUT2D eigenvalue weighted by Gasteiger charge is 2.23. The van der Waals surface area contributed by atoms with Crippen LogP contribution in [-0.4, -0.2) is 53.9 Å². The van der Waals surface area contributed by atoms with Gasteiger partial charge in [0.2, 0.25) is 5.91 Å². The molecule has 1 amide bonds. The van der Waals surface area contributed by atoms with Crippen LogP contribution in [0.25, 0.3) is 11.3 Å². The van der Waals surface area contributed by atoms with E-state index in [0.717, 1.165) is 51.3 Å². The Kier molecular flexibility index (Phi) is 6.53. The Labute approximate surface area is 174 Å². The summed E-state index contributed by atoms with van der Waals surface area (Å²) in [7, 11) is 0. The van der Waals surface area contributed by atoms with Gasteiger partial charge in [0.15, 0.2) is 0 Å². The van der Waals surface area contributed by atoms with Gasteiger partial charge in [-0.15, -0.1) is 0 Å². The second kappa shape index (κ2) is 9.47. The number of aromatic nitrogens is 3. The number of hydrogen-bond acceptors (Lipinski definition) is 7. The molecule has 9 heteroatoms. The highest BCUT2D eigenvalue weighted by molar-refractivity contribution is 6.33. The van der Waals surface area contributed by atoms with Crippen LogP contribution in [0.3, 0.4) is 0 Å². The van der Waals surface area contributed by atoms with Crippen molar-refractivity contribution in [2.24, 2.45) is 11.8 Å². The van der Waals surface area contributed by atoms with E-state index in [9.17, 15) is 4.79 Å². The Morgan fingerprint density at radius 1 is 1.24 bits per heavy atom. The van der Waals surface area contributed by atoms with Crippen LogP contribution in [0.1, 0.15) is 19.3 Å². The largest absolute Gasteiger partial charge is 0.383 e. The molecule has 0 spiro atoms. The van der Waals surface area contributed by atoms with Crippen molar-refractivity contribution < 1.29 is 9.53 Å². The maximum atomic E-state index is 12.4. The standard InChI is InChI=1S/C20H25ClN6O2/c21-17-12-24-19(26-20(28)14-1-4-22-10-14)8-16(17)18-7-15(11-25-27-18)23-9-13-2-5-29-6-3-13/h7-8,11-14,22H,1-6,9-10H2,(H,23,27)(H,24,26,28)/t14-/m1/s1. The lowest BCUT2D eigenvalue weighted by Crippen LogP contribution is -2.25. The number of nitrogens with one attached hydrogen (secondary N) is 3. The first-order valence-electron chi connectivity index (χ1n) is 10.0. The molecule has 2 saturated heterocycles. The van der Waals surface area contributed by atoms with E-state index in [-0.39, 0.29) is 11.8 Å². The minimum atomic E-state index is -0.0339. The lowest BCUT2D eigenvalue weighted by Gasteiger charge is -2.22. The van der Waals surface area contributed by atoms with Crippen LogP contribution in [0, 0.1) is 11.8 Å². The minimum absolute atomic E-state index is 0.0336. The molecule has 0 aliphatic carbocycles. The molecule has 8 nitrogen and oxygen atoms in total. The maximum Gasteiger partial charge on any atom is 0.229 e. The summed E-state index contributed by atoms with van der Waals surface area (Å²) in [6, 6.07) is 3.66. The van der Waals surface area contributed by atoms with Crippen molar-refractivity contribution >= 4 is 29.0 Å². The molecule has 1 atom stereocenters. The van der Waals surface area contributed by atoms with Gasteiger partial charge in [0.1, 0.15) is 5.82 Å². The fraction of sp³-hybridized carbons (Fsp3) is 0.500. The average Bonchev–Trinajstić information content (AvgIpc) is 3.30. The lowest BCUT2D eigenvalue weighted by atomic mass is 10.0. The SMILES string of the molecule is O=C(Nc1cc(-c2cc(NCC3CCOCC3)cnn2)c(Cl)cn1)[C@@H]1CCNC1. The maximum absolute atomic E-state index is 12.4. The van der Waals surface area contributed by atoms with Crippen LogP contribution in [0.15, 0.2) is 24.5 Å². The molecular formula is C20H25ClN6O2. The van der Waals surface area contributed by atoms with E-state index in [2.05, 4.69) is 31.1 Å². The van der Waals surface area contributed by atoms with Gasteiger partial charge in [-0.2, -0.15) is 10.2 Å². The summed E-state index contributed by atoms with van der Waals surface area (Å²) in [4.78, 5) is 16.6. The molecule has 29 heavy (non-hydrogen) atoms. The molecule has 0 saturated carbocycles. The van der Waals surface area contributed by atoms with Crippen molar-refractivity contribution in [3.8, 4) is 11.3 Å². The van der Waals surface area contributed by atoms with Crippen molar-refractivity contribution in [2.45, 2.75) is 19.3 Å². The van der Waals surface area contributed by atoms with Crippen LogP contribution >= 0.6 is 11.6 Å². The molecule has 0 unspecified atom stereocenters. The van der Waals surface area contributed by atoms with Crippen LogP contribution in [0.4, 0.5) is 11.5 Å². The van der Waals surface area contributed by atoms with Crippen molar-refractivity contribution in [3.05, 3.63) is 29.5 Å². The zero-order valence-corrected chi connectivity index (χ0v) is 16.9. The van der Waals surface area contributed by atoms with E-state index >= 15 is 0 Å². The van der Waals surface area contributed by atoms with E-state index in [1.165, 1.54) is 6.20 Å². The van der Waals surface area contributed by atoms with Gasteiger partial charge in [0.25, 0.3) is 0 Å². The number of ether oxygens (including phenoxy) is 1. The zero-order valence-electron chi connectivity index (χ0n) is 16.2. The third-order valence-electron chi connectivity index (χ3n) is 5.40. The second-order valence-corrected chi connectivity index (χ2v) is 7.90. The Morgan fingerprint density at radius 2 is 2.10 bits per heavy atom. The summed E-state index contributed by atoms with van der Waals surface area (Å²) in [5.74, 6) is 0.989. The fourth-order valence-corrected chi connectivity index (χ4v) is 3.82. The van der Waals surface area contributed by atoms with Crippen LogP contribution in [0.2, 0.25) is 5.02 Å². The minimum Gasteiger partial charge on any atom is -0.383 e. The fourth-order valence-electron chi connectivity index (χ4n) is 3.62. The molecule has 2 aliphatic rings. The van der Waals surface area contributed by atoms with Gasteiger partial charge in [-0.05, 0) is 43.9 Å². The van der Waals surface area contributed by atoms with Crippen molar-refractivity contribution in [1.82, 2.24) is 20.5 Å². The topological polar surface area (TPSA) is 101 Å². The second-order valence-electron chi connectivity index (χ2n) is 7.49. The van der Waals surface area contributed by atoms with Gasteiger partial charge in [-0.25, -0.2) is 4.98 Å². The first kappa shape index (κ1) is 20.0. The molecule has 154 valence electrons. The van der Waals surface area contributed by atoms with Gasteiger partial charge in [0, 0.05) is 38.1 Å². The van der Waals surface area contributed by atoms with Gasteiger partial charge >= 0.3 is 0 Å². The average molecular weight is 417 g/mol. The molecule has 4 rings (SSSR count). The van der Waals surface area contributed by atoms with Gasteiger partial charge in [0.05, 0.1) is 28.5 Å². The normalized spacial score (nSPS) is 19.8. The summed E-state index contributed by atoms with van der Waals surface area (Å²) in [6.45, 7) is 4.07. The zero-order chi connectivity index (χ0) is 20.1. The van der Waals surface area contributed by atoms with Crippen molar-refractivity contribution in [3.63, 3.8) is 0 Å². The summed E-state index contributed by atoms with van der Waals surface area (Å²) in [6.07, 6.45) is 6.19. The van der Waals surface area contributed by atoms with Gasteiger partial charge < -0.3 is 20.7 Å². The molecule has 0 aromatic carbocycles. The van der Waals surface area contributed by atoms with Crippen LogP contribution < -0.4 is 16.0 Å². The number of rotatable bonds is 6. The molecule has 2 fully saturated rings. The third-order valence-corrected chi connectivity index (χ3v) is 5.71. The highest BCUT2D eigenvalue weighted by Crippen LogP contribution is 2.29. The number of carbonyl (C=O) groups is 1. The molecule has 0 radical (unpaired) electrons. The van der Waals surface area contributed by atoms with E-state index < -0.39 is 0 Å². The smallest absolute Gasteiger partial charge is 0.229 e. The Balaban J connectivity index is 1.46. The number of amides is 1. The Hall–Kier alpha value is -2.29. The summed E-state index contributed by atoms with van der Waals surface area (Å²) < 4.78 is 5.41. The number of nitrogens with zero attached hydrogens (tertiary/aromatic N) is 3. The van der Waals surface area contributed by atoms with E-state index in [4.69, 9.17) is 16.3 Å².